The molecule has 5 nitrogen and oxygen atoms in total. The standard InChI is InChI=1S/C25H30N2O3/c1-5-29-21-13-14-22-17(4)24(27(23(22)15-21)20-7-6-8-20)18-9-11-19(12-10-18)26-25(28)30-16(2)3/h9-16,20H,5-8H2,1-4H3,(H,26,28). The second-order valence-corrected chi connectivity index (χ2v) is 8.20. The van der Waals surface area contributed by atoms with Crippen LogP contribution in [0.3, 0.4) is 0 Å². The van der Waals surface area contributed by atoms with Gasteiger partial charge in [-0.1, -0.05) is 12.1 Å². The quantitative estimate of drug-likeness (QED) is 0.496. The number of amides is 1. The van der Waals surface area contributed by atoms with Crippen molar-refractivity contribution in [3.8, 4) is 17.0 Å². The number of hydrogen-bond donors (Lipinski definition) is 1. The molecule has 0 unspecified atom stereocenters. The largest absolute Gasteiger partial charge is 0.494 e. The van der Waals surface area contributed by atoms with E-state index in [0.29, 0.717) is 12.6 Å². The predicted molar refractivity (Wildman–Crippen MR) is 121 cm³/mol. The minimum atomic E-state index is -0.430. The third-order valence-electron chi connectivity index (χ3n) is 5.73. The molecule has 30 heavy (non-hydrogen) atoms. The molecular formula is C25H30N2O3. The van der Waals surface area contributed by atoms with Gasteiger partial charge in [-0.2, -0.15) is 0 Å². The Hall–Kier alpha value is -2.95. The fourth-order valence-corrected chi connectivity index (χ4v) is 4.17. The summed E-state index contributed by atoms with van der Waals surface area (Å²) in [4.78, 5) is 11.9. The summed E-state index contributed by atoms with van der Waals surface area (Å²) in [6.45, 7) is 8.54. The summed E-state index contributed by atoms with van der Waals surface area (Å²) in [5.41, 5.74) is 5.64. The molecule has 1 heterocycles. The molecule has 5 heteroatoms. The van der Waals surface area contributed by atoms with Crippen LogP contribution in [0.25, 0.3) is 22.2 Å². The highest BCUT2D eigenvalue weighted by Gasteiger charge is 2.26. The van der Waals surface area contributed by atoms with E-state index in [1.165, 1.54) is 41.4 Å². The summed E-state index contributed by atoms with van der Waals surface area (Å²) < 4.78 is 13.4. The van der Waals surface area contributed by atoms with E-state index < -0.39 is 6.09 Å². The van der Waals surface area contributed by atoms with Crippen molar-refractivity contribution in [2.75, 3.05) is 11.9 Å². The molecule has 0 atom stereocenters. The average molecular weight is 407 g/mol. The van der Waals surface area contributed by atoms with Crippen LogP contribution in [-0.4, -0.2) is 23.4 Å². The van der Waals surface area contributed by atoms with Crippen LogP contribution in [0.4, 0.5) is 10.5 Å². The molecule has 0 spiro atoms. The van der Waals surface area contributed by atoms with Crippen molar-refractivity contribution in [1.29, 1.82) is 0 Å². The molecule has 0 aliphatic heterocycles. The topological polar surface area (TPSA) is 52.5 Å². The molecule has 158 valence electrons. The molecule has 0 bridgehead atoms. The highest BCUT2D eigenvalue weighted by molar-refractivity contribution is 5.93. The number of aromatic nitrogens is 1. The number of carbonyl (C=O) groups is 1. The van der Waals surface area contributed by atoms with Crippen LogP contribution < -0.4 is 10.1 Å². The van der Waals surface area contributed by atoms with E-state index in [-0.39, 0.29) is 6.10 Å². The first-order valence-corrected chi connectivity index (χ1v) is 10.8. The Morgan fingerprint density at radius 2 is 1.90 bits per heavy atom. The van der Waals surface area contributed by atoms with Gasteiger partial charge >= 0.3 is 6.09 Å². The van der Waals surface area contributed by atoms with Crippen LogP contribution in [0.2, 0.25) is 0 Å². The van der Waals surface area contributed by atoms with Gasteiger partial charge < -0.3 is 14.0 Å². The van der Waals surface area contributed by atoms with Crippen molar-refractivity contribution in [2.45, 2.75) is 59.1 Å². The molecule has 0 radical (unpaired) electrons. The Labute approximate surface area is 178 Å². The number of anilines is 1. The van der Waals surface area contributed by atoms with Gasteiger partial charge in [0.1, 0.15) is 5.75 Å². The lowest BCUT2D eigenvalue weighted by molar-refractivity contribution is 0.130. The second kappa shape index (κ2) is 8.42. The monoisotopic (exact) mass is 406 g/mol. The minimum Gasteiger partial charge on any atom is -0.494 e. The average Bonchev–Trinajstić information content (AvgIpc) is 2.93. The van der Waals surface area contributed by atoms with Crippen LogP contribution in [0.5, 0.6) is 5.75 Å². The lowest BCUT2D eigenvalue weighted by Crippen LogP contribution is -2.18. The lowest BCUT2D eigenvalue weighted by Gasteiger charge is -2.30. The zero-order valence-corrected chi connectivity index (χ0v) is 18.2. The SMILES string of the molecule is CCOc1ccc2c(C)c(-c3ccc(NC(=O)OC(C)C)cc3)n(C3CCC3)c2c1. The van der Waals surface area contributed by atoms with Crippen LogP contribution in [-0.2, 0) is 4.74 Å². The third-order valence-corrected chi connectivity index (χ3v) is 5.73. The van der Waals surface area contributed by atoms with Gasteiger partial charge in [-0.3, -0.25) is 5.32 Å². The maximum Gasteiger partial charge on any atom is 0.411 e. The summed E-state index contributed by atoms with van der Waals surface area (Å²) in [6, 6.07) is 14.9. The van der Waals surface area contributed by atoms with E-state index in [0.717, 1.165) is 17.0 Å². The van der Waals surface area contributed by atoms with Crippen molar-refractivity contribution in [1.82, 2.24) is 4.57 Å². The number of nitrogens with zero attached hydrogens (tertiary/aromatic N) is 1. The number of fused-ring (bicyclic) bond motifs is 1. The molecule has 2 aromatic carbocycles. The molecule has 3 aromatic rings. The van der Waals surface area contributed by atoms with Gasteiger partial charge in [-0.05, 0) is 82.3 Å². The van der Waals surface area contributed by atoms with Gasteiger partial charge in [0.25, 0.3) is 0 Å². The predicted octanol–water partition coefficient (Wildman–Crippen LogP) is 6.70. The van der Waals surface area contributed by atoms with E-state index >= 15 is 0 Å². The number of rotatable bonds is 6. The number of hydrogen-bond acceptors (Lipinski definition) is 3. The lowest BCUT2D eigenvalue weighted by atomic mass is 9.92. The molecule has 0 saturated heterocycles. The Bertz CT molecular complexity index is 1050. The molecule has 1 N–H and O–H groups in total. The van der Waals surface area contributed by atoms with Gasteiger partial charge in [0.05, 0.1) is 23.9 Å². The van der Waals surface area contributed by atoms with Crippen molar-refractivity contribution in [2.24, 2.45) is 0 Å². The first-order chi connectivity index (χ1) is 14.5. The number of aryl methyl sites for hydroxylation is 1. The normalized spacial score (nSPS) is 14.0. The molecule has 1 amide bonds. The van der Waals surface area contributed by atoms with E-state index in [1.54, 1.807) is 0 Å². The summed E-state index contributed by atoms with van der Waals surface area (Å²) in [6.07, 6.45) is 3.10. The second-order valence-electron chi connectivity index (χ2n) is 8.20. The maximum atomic E-state index is 11.9. The fourth-order valence-electron chi connectivity index (χ4n) is 4.17. The number of benzene rings is 2. The molecule has 1 aliphatic rings. The molecule has 1 fully saturated rings. The van der Waals surface area contributed by atoms with Crippen molar-refractivity contribution in [3.05, 3.63) is 48.0 Å². The molecular weight excluding hydrogens is 376 g/mol. The van der Waals surface area contributed by atoms with Crippen molar-refractivity contribution in [3.63, 3.8) is 0 Å². The smallest absolute Gasteiger partial charge is 0.411 e. The number of carbonyl (C=O) groups excluding carboxylic acids is 1. The van der Waals surface area contributed by atoms with Gasteiger partial charge in [0.2, 0.25) is 0 Å². The van der Waals surface area contributed by atoms with Gasteiger partial charge in [0, 0.05) is 23.2 Å². The minimum absolute atomic E-state index is 0.147. The molecule has 1 aromatic heterocycles. The summed E-state index contributed by atoms with van der Waals surface area (Å²) in [5.74, 6) is 0.915. The first kappa shape index (κ1) is 20.3. The summed E-state index contributed by atoms with van der Waals surface area (Å²) in [7, 11) is 0. The summed E-state index contributed by atoms with van der Waals surface area (Å²) in [5, 5.41) is 4.06. The third kappa shape index (κ3) is 3.89. The number of ether oxygens (including phenoxy) is 2. The zero-order valence-electron chi connectivity index (χ0n) is 18.2. The van der Waals surface area contributed by atoms with Gasteiger partial charge in [0.15, 0.2) is 0 Å². The zero-order chi connectivity index (χ0) is 21.3. The van der Waals surface area contributed by atoms with Crippen LogP contribution >= 0.6 is 0 Å². The van der Waals surface area contributed by atoms with Crippen molar-refractivity contribution < 1.29 is 14.3 Å². The van der Waals surface area contributed by atoms with E-state index in [2.05, 4.69) is 47.1 Å². The fraction of sp³-hybridized carbons (Fsp3) is 0.400. The van der Waals surface area contributed by atoms with Crippen LogP contribution in [0, 0.1) is 6.92 Å². The maximum absolute atomic E-state index is 11.9. The molecule has 1 aliphatic carbocycles. The van der Waals surface area contributed by atoms with Gasteiger partial charge in [-0.25, -0.2) is 4.79 Å². The van der Waals surface area contributed by atoms with Crippen LogP contribution in [0.1, 0.15) is 51.6 Å². The molecule has 1 saturated carbocycles. The molecule has 4 rings (SSSR count). The Kier molecular flexibility index (Phi) is 5.71. The number of nitrogens with one attached hydrogen (secondary N) is 1. The highest BCUT2D eigenvalue weighted by atomic mass is 16.6. The highest BCUT2D eigenvalue weighted by Crippen LogP contribution is 2.43. The van der Waals surface area contributed by atoms with Gasteiger partial charge in [-0.15, -0.1) is 0 Å². The Morgan fingerprint density at radius 3 is 2.50 bits per heavy atom. The van der Waals surface area contributed by atoms with Crippen LogP contribution in [0.15, 0.2) is 42.5 Å². The van der Waals surface area contributed by atoms with E-state index in [9.17, 15) is 4.79 Å². The Morgan fingerprint density at radius 1 is 1.17 bits per heavy atom. The summed E-state index contributed by atoms with van der Waals surface area (Å²) >= 11 is 0. The Balaban J connectivity index is 1.72. The first-order valence-electron chi connectivity index (χ1n) is 10.8. The van der Waals surface area contributed by atoms with E-state index in [1.807, 2.05) is 32.9 Å². The van der Waals surface area contributed by atoms with Crippen molar-refractivity contribution >= 4 is 22.7 Å². The van der Waals surface area contributed by atoms with E-state index in [4.69, 9.17) is 9.47 Å².